The van der Waals surface area contributed by atoms with E-state index in [1.807, 2.05) is 16.3 Å². The van der Waals surface area contributed by atoms with Gasteiger partial charge in [-0.2, -0.15) is 0 Å². The highest BCUT2D eigenvalue weighted by Gasteiger charge is 2.41. The van der Waals surface area contributed by atoms with Crippen molar-refractivity contribution in [1.82, 2.24) is 9.21 Å². The normalized spacial score (nSPS) is 23.3. The van der Waals surface area contributed by atoms with Gasteiger partial charge in [0.2, 0.25) is 0 Å². The fourth-order valence-electron chi connectivity index (χ4n) is 3.59. The molecule has 2 aliphatic heterocycles. The molecular weight excluding hydrogens is 500 g/mol. The van der Waals surface area contributed by atoms with Gasteiger partial charge >= 0.3 is 0 Å². The van der Waals surface area contributed by atoms with Gasteiger partial charge in [-0.05, 0) is 13.5 Å². The summed E-state index contributed by atoms with van der Waals surface area (Å²) in [5.74, 6) is 2.56. The smallest absolute Gasteiger partial charge is 0.272 e. The summed E-state index contributed by atoms with van der Waals surface area (Å²) in [6, 6.07) is 2.82. The van der Waals surface area contributed by atoms with Gasteiger partial charge in [0.05, 0.1) is 42.8 Å². The lowest BCUT2D eigenvalue weighted by Crippen LogP contribution is -2.48. The number of halogens is 2. The number of benzene rings is 1. The molecular formula is C17H20Br2N4O3S. The molecule has 0 amide bonds. The van der Waals surface area contributed by atoms with Gasteiger partial charge in [0.15, 0.2) is 0 Å². The van der Waals surface area contributed by atoms with Crippen LogP contribution in [0.15, 0.2) is 17.0 Å². The fourth-order valence-corrected chi connectivity index (χ4v) is 8.15. The van der Waals surface area contributed by atoms with Gasteiger partial charge in [0.25, 0.3) is 5.69 Å². The number of non-ortho nitro benzene ring substituents is 1. The van der Waals surface area contributed by atoms with Crippen LogP contribution in [0.4, 0.5) is 11.4 Å². The minimum absolute atomic E-state index is 0.130. The highest BCUT2D eigenvalue weighted by Crippen LogP contribution is 2.42. The van der Waals surface area contributed by atoms with Gasteiger partial charge in [-0.3, -0.25) is 15.0 Å². The standard InChI is InChI=1S/C17H20Br2N4O3S/c1-3-13-9-14(23(24)25)10-15-17(13)22(8-5-18)16(11-19)27(15,26)21-7-4-6-20(2)12-21/h1,9-10H,4-8,11-12H2,2H3. The largest absolute Gasteiger partial charge is 0.333 e. The number of fused-ring (bicyclic) bond motifs is 1. The lowest BCUT2D eigenvalue weighted by Gasteiger charge is -2.35. The van der Waals surface area contributed by atoms with E-state index in [9.17, 15) is 14.3 Å². The highest BCUT2D eigenvalue weighted by molar-refractivity contribution is 9.09. The summed E-state index contributed by atoms with van der Waals surface area (Å²) in [6.07, 6.45) is 6.56. The minimum atomic E-state index is -2.83. The summed E-state index contributed by atoms with van der Waals surface area (Å²) in [5, 5.41) is 12.5. The number of hydrogen-bond acceptors (Lipinski definition) is 5. The van der Waals surface area contributed by atoms with Crippen molar-refractivity contribution < 1.29 is 9.13 Å². The Morgan fingerprint density at radius 3 is 2.67 bits per heavy atom. The molecule has 10 heteroatoms. The quantitative estimate of drug-likeness (QED) is 0.196. The third kappa shape index (κ3) is 3.40. The molecule has 2 aliphatic rings. The van der Waals surface area contributed by atoms with Crippen LogP contribution in [0.5, 0.6) is 0 Å². The van der Waals surface area contributed by atoms with Crippen LogP contribution in [-0.4, -0.2) is 67.3 Å². The number of hydrogen-bond donors (Lipinski definition) is 0. The molecule has 3 rings (SSSR count). The van der Waals surface area contributed by atoms with Gasteiger partial charge in [-0.15, -0.1) is 6.42 Å². The van der Waals surface area contributed by atoms with E-state index < -0.39 is 14.6 Å². The molecule has 1 aromatic rings. The average molecular weight is 520 g/mol. The topological polar surface area (TPSA) is 69.9 Å². The molecule has 0 N–H and O–H groups in total. The zero-order valence-electron chi connectivity index (χ0n) is 14.9. The monoisotopic (exact) mass is 518 g/mol. The summed E-state index contributed by atoms with van der Waals surface area (Å²) >= 11 is 6.95. The molecule has 146 valence electrons. The van der Waals surface area contributed by atoms with Crippen LogP contribution in [0.3, 0.4) is 0 Å². The van der Waals surface area contributed by atoms with Crippen molar-refractivity contribution >= 4 is 57.9 Å². The number of rotatable bonds is 5. The molecule has 7 nitrogen and oxygen atoms in total. The maximum absolute atomic E-state index is 14.5. The Morgan fingerprint density at radius 1 is 1.37 bits per heavy atom. The molecule has 1 unspecified atom stereocenters. The van der Waals surface area contributed by atoms with E-state index in [1.54, 1.807) is 0 Å². The summed E-state index contributed by atoms with van der Waals surface area (Å²) < 4.78 is 16.4. The highest BCUT2D eigenvalue weighted by atomic mass is 79.9. The van der Waals surface area contributed by atoms with E-state index in [0.29, 0.717) is 51.6 Å². The van der Waals surface area contributed by atoms with E-state index in [2.05, 4.69) is 42.7 Å². The van der Waals surface area contributed by atoms with Crippen LogP contribution >= 0.6 is 31.9 Å². The Balaban J connectivity index is 2.33. The van der Waals surface area contributed by atoms with Crippen molar-refractivity contribution in [3.8, 4) is 12.3 Å². The van der Waals surface area contributed by atoms with Gasteiger partial charge in [0.1, 0.15) is 4.99 Å². The van der Waals surface area contributed by atoms with Gasteiger partial charge in [0, 0.05) is 37.1 Å². The maximum Gasteiger partial charge on any atom is 0.272 e. The second-order valence-electron chi connectivity index (χ2n) is 6.42. The van der Waals surface area contributed by atoms with Crippen molar-refractivity contribution in [3.05, 3.63) is 27.8 Å². The zero-order valence-corrected chi connectivity index (χ0v) is 18.8. The minimum Gasteiger partial charge on any atom is -0.333 e. The van der Waals surface area contributed by atoms with Crippen molar-refractivity contribution in [1.29, 1.82) is 0 Å². The summed E-state index contributed by atoms with van der Waals surface area (Å²) in [4.78, 5) is 16.2. The van der Waals surface area contributed by atoms with E-state index in [-0.39, 0.29) is 5.69 Å². The van der Waals surface area contributed by atoms with Crippen LogP contribution in [0.2, 0.25) is 0 Å². The van der Waals surface area contributed by atoms with E-state index in [1.165, 1.54) is 12.1 Å². The van der Waals surface area contributed by atoms with Crippen molar-refractivity contribution in [2.45, 2.75) is 11.3 Å². The second-order valence-corrected chi connectivity index (χ2v) is 10.2. The first kappa shape index (κ1) is 20.6. The number of anilines is 1. The molecule has 1 atom stereocenters. The molecule has 1 aromatic carbocycles. The Morgan fingerprint density at radius 2 is 2.11 bits per heavy atom. The van der Waals surface area contributed by atoms with Crippen LogP contribution in [0.25, 0.3) is 0 Å². The van der Waals surface area contributed by atoms with Crippen molar-refractivity contribution in [2.75, 3.05) is 48.9 Å². The molecule has 27 heavy (non-hydrogen) atoms. The van der Waals surface area contributed by atoms with E-state index in [0.717, 1.165) is 13.0 Å². The second kappa shape index (κ2) is 8.09. The molecule has 0 spiro atoms. The van der Waals surface area contributed by atoms with Gasteiger partial charge in [-0.25, -0.2) is 8.51 Å². The number of nitrogens with zero attached hydrogens (tertiary/aromatic N) is 4. The molecule has 0 bridgehead atoms. The first-order valence-electron chi connectivity index (χ1n) is 8.40. The first-order valence-corrected chi connectivity index (χ1v) is 12.2. The lowest BCUT2D eigenvalue weighted by atomic mass is 10.1. The summed E-state index contributed by atoms with van der Waals surface area (Å²) in [6.45, 7) is 2.69. The number of nitro benzene ring substituents is 1. The third-order valence-electron chi connectivity index (χ3n) is 4.75. The predicted octanol–water partition coefficient (Wildman–Crippen LogP) is 2.47. The van der Waals surface area contributed by atoms with E-state index >= 15 is 0 Å². The molecule has 1 fully saturated rings. The fraction of sp³-hybridized carbons (Fsp3) is 0.471. The molecule has 0 aliphatic carbocycles. The van der Waals surface area contributed by atoms with Crippen molar-refractivity contribution in [2.24, 2.45) is 0 Å². The van der Waals surface area contributed by atoms with Crippen LogP contribution in [0.1, 0.15) is 12.0 Å². The van der Waals surface area contributed by atoms with Crippen LogP contribution in [0, 0.1) is 22.5 Å². The number of nitro groups is 1. The SMILES string of the molecule is C#Cc1cc([N+](=O)[O-])cc2c1N(CCBr)C(CBr)=S2(=O)N1CCCN(C)C1. The van der Waals surface area contributed by atoms with Crippen LogP contribution < -0.4 is 4.90 Å². The van der Waals surface area contributed by atoms with Gasteiger partial charge < -0.3 is 4.90 Å². The number of alkyl halides is 2. The molecule has 1 saturated heterocycles. The molecule has 2 heterocycles. The molecule has 0 saturated carbocycles. The van der Waals surface area contributed by atoms with Crippen LogP contribution in [-0.2, 0) is 9.71 Å². The summed E-state index contributed by atoms with van der Waals surface area (Å²) in [7, 11) is -0.851. The van der Waals surface area contributed by atoms with E-state index in [4.69, 9.17) is 6.42 Å². The maximum atomic E-state index is 14.5. The Hall–Kier alpha value is -1.12. The Bertz CT molecular complexity index is 937. The average Bonchev–Trinajstić information content (AvgIpc) is 2.90. The zero-order chi connectivity index (χ0) is 19.8. The Labute approximate surface area is 176 Å². The number of terminal acetylenes is 1. The van der Waals surface area contributed by atoms with Crippen molar-refractivity contribution in [3.63, 3.8) is 0 Å². The van der Waals surface area contributed by atoms with Gasteiger partial charge in [-0.1, -0.05) is 37.8 Å². The molecule has 0 radical (unpaired) electrons. The molecule has 0 aromatic heterocycles. The third-order valence-corrected chi connectivity index (χ3v) is 8.94. The Kier molecular flexibility index (Phi) is 6.17. The first-order chi connectivity index (χ1) is 12.9. The summed E-state index contributed by atoms with van der Waals surface area (Å²) in [5.41, 5.74) is 0.916. The predicted molar refractivity (Wildman–Crippen MR) is 116 cm³/mol. The lowest BCUT2D eigenvalue weighted by molar-refractivity contribution is -0.385.